The van der Waals surface area contributed by atoms with E-state index in [2.05, 4.69) is 22.2 Å². The molecule has 0 unspecified atom stereocenters. The Morgan fingerprint density at radius 3 is 2.69 bits per heavy atom. The summed E-state index contributed by atoms with van der Waals surface area (Å²) in [7, 11) is 0. The summed E-state index contributed by atoms with van der Waals surface area (Å²) >= 11 is 1.64. The third kappa shape index (κ3) is 4.97. The number of benzene rings is 2. The molecule has 8 nitrogen and oxygen atoms in total. The second-order valence-electron chi connectivity index (χ2n) is 8.76. The van der Waals surface area contributed by atoms with Gasteiger partial charge in [-0.05, 0) is 48.8 Å². The second-order valence-corrected chi connectivity index (χ2v) is 10.00. The van der Waals surface area contributed by atoms with Crippen LogP contribution in [0.25, 0.3) is 21.8 Å². The number of carbonyl (C=O) groups is 1. The first-order valence-corrected chi connectivity index (χ1v) is 13.7. The molecule has 36 heavy (non-hydrogen) atoms. The molecule has 2 aromatic heterocycles. The Labute approximate surface area is 215 Å². The van der Waals surface area contributed by atoms with Crippen LogP contribution in [0.4, 0.5) is 5.82 Å². The van der Waals surface area contributed by atoms with Crippen molar-refractivity contribution in [1.29, 1.82) is 0 Å². The topological polar surface area (TPSA) is 85.2 Å². The summed E-state index contributed by atoms with van der Waals surface area (Å²) in [5.41, 5.74) is 1.38. The second kappa shape index (κ2) is 11.2. The Bertz CT molecular complexity index is 1370. The number of fused-ring (bicyclic) bond motifs is 2. The van der Waals surface area contributed by atoms with Gasteiger partial charge in [0.25, 0.3) is 5.91 Å². The Kier molecular flexibility index (Phi) is 7.55. The largest absolute Gasteiger partial charge is 0.493 e. The van der Waals surface area contributed by atoms with Crippen molar-refractivity contribution in [2.24, 2.45) is 0 Å². The minimum Gasteiger partial charge on any atom is -0.493 e. The SMILES string of the molecule is CCOc1ccc2ccccc2c1C(=O)NCCn1ncc2c(N3CCCCC3)nc(SCC)nc21. The van der Waals surface area contributed by atoms with Crippen LogP contribution in [0.3, 0.4) is 0 Å². The van der Waals surface area contributed by atoms with Crippen LogP contribution in [-0.2, 0) is 6.54 Å². The summed E-state index contributed by atoms with van der Waals surface area (Å²) < 4.78 is 7.65. The maximum Gasteiger partial charge on any atom is 0.255 e. The van der Waals surface area contributed by atoms with E-state index in [1.54, 1.807) is 11.8 Å². The molecule has 1 N–H and O–H groups in total. The monoisotopic (exact) mass is 504 g/mol. The van der Waals surface area contributed by atoms with Gasteiger partial charge >= 0.3 is 0 Å². The standard InChI is InChI=1S/C27H32N6O2S/c1-3-35-22-13-12-19-10-6-7-11-20(19)23(22)26(34)28-14-17-33-25-21(18-29-33)24(30-27(31-25)36-4-2)32-15-8-5-9-16-32/h6-7,10-13,18H,3-5,8-9,14-17H2,1-2H3,(H,28,34). The fourth-order valence-electron chi connectivity index (χ4n) is 4.75. The van der Waals surface area contributed by atoms with E-state index in [9.17, 15) is 4.79 Å². The normalized spacial score (nSPS) is 13.9. The van der Waals surface area contributed by atoms with Gasteiger partial charge in [0.15, 0.2) is 10.8 Å². The van der Waals surface area contributed by atoms with E-state index in [-0.39, 0.29) is 5.91 Å². The number of thioether (sulfide) groups is 1. The average molecular weight is 505 g/mol. The molecular formula is C27H32N6O2S. The highest BCUT2D eigenvalue weighted by Crippen LogP contribution is 2.30. The van der Waals surface area contributed by atoms with Crippen molar-refractivity contribution in [1.82, 2.24) is 25.1 Å². The van der Waals surface area contributed by atoms with Gasteiger partial charge in [0.2, 0.25) is 0 Å². The molecule has 9 heteroatoms. The maximum atomic E-state index is 13.3. The number of hydrogen-bond acceptors (Lipinski definition) is 7. The summed E-state index contributed by atoms with van der Waals surface area (Å²) in [6.07, 6.45) is 5.49. The molecule has 0 saturated carbocycles. The van der Waals surface area contributed by atoms with Crippen molar-refractivity contribution in [3.63, 3.8) is 0 Å². The molecule has 188 valence electrons. The summed E-state index contributed by atoms with van der Waals surface area (Å²) in [5.74, 6) is 2.32. The van der Waals surface area contributed by atoms with Crippen molar-refractivity contribution in [2.75, 3.05) is 36.9 Å². The van der Waals surface area contributed by atoms with Gasteiger partial charge in [0, 0.05) is 19.6 Å². The van der Waals surface area contributed by atoms with Crippen molar-refractivity contribution in [2.45, 2.75) is 44.8 Å². The number of anilines is 1. The lowest BCUT2D eigenvalue weighted by Crippen LogP contribution is -2.30. The summed E-state index contributed by atoms with van der Waals surface area (Å²) in [4.78, 5) is 25.3. The molecule has 0 bridgehead atoms. The van der Waals surface area contributed by atoms with Gasteiger partial charge in [-0.1, -0.05) is 49.0 Å². The molecule has 2 aromatic carbocycles. The average Bonchev–Trinajstić information content (AvgIpc) is 3.31. The third-order valence-corrected chi connectivity index (χ3v) is 7.14. The van der Waals surface area contributed by atoms with Crippen LogP contribution in [0.5, 0.6) is 5.75 Å². The van der Waals surface area contributed by atoms with Gasteiger partial charge in [0.1, 0.15) is 11.6 Å². The molecule has 4 aromatic rings. The highest BCUT2D eigenvalue weighted by atomic mass is 32.2. The Balaban J connectivity index is 1.38. The zero-order valence-corrected chi connectivity index (χ0v) is 21.7. The number of rotatable bonds is 9. The first kappa shape index (κ1) is 24.4. The predicted octanol–water partition coefficient (Wildman–Crippen LogP) is 4.91. The maximum absolute atomic E-state index is 13.3. The number of amides is 1. The van der Waals surface area contributed by atoms with Gasteiger partial charge in [0.05, 0.1) is 30.3 Å². The highest BCUT2D eigenvalue weighted by molar-refractivity contribution is 7.99. The number of piperidine rings is 1. The van der Waals surface area contributed by atoms with Gasteiger partial charge in [-0.3, -0.25) is 4.79 Å². The third-order valence-electron chi connectivity index (χ3n) is 6.41. The molecule has 0 radical (unpaired) electrons. The Morgan fingerprint density at radius 2 is 1.89 bits per heavy atom. The number of carbonyl (C=O) groups excluding carboxylic acids is 1. The molecule has 5 rings (SSSR count). The fraction of sp³-hybridized carbons (Fsp3) is 0.407. The first-order valence-electron chi connectivity index (χ1n) is 12.7. The minimum atomic E-state index is -0.155. The van der Waals surface area contributed by atoms with Gasteiger partial charge in [-0.15, -0.1) is 0 Å². The van der Waals surface area contributed by atoms with E-state index >= 15 is 0 Å². The summed E-state index contributed by atoms with van der Waals surface area (Å²) in [5, 5.41) is 11.3. The molecule has 0 spiro atoms. The molecule has 3 heterocycles. The summed E-state index contributed by atoms with van der Waals surface area (Å²) in [6, 6.07) is 11.7. The number of ether oxygens (including phenoxy) is 1. The van der Waals surface area contributed by atoms with E-state index in [0.29, 0.717) is 31.0 Å². The minimum absolute atomic E-state index is 0.155. The molecule has 1 fully saturated rings. The molecule has 0 aliphatic carbocycles. The van der Waals surface area contributed by atoms with Crippen LogP contribution in [0.1, 0.15) is 43.5 Å². The van der Waals surface area contributed by atoms with E-state index in [1.165, 1.54) is 19.3 Å². The van der Waals surface area contributed by atoms with Crippen LogP contribution >= 0.6 is 11.8 Å². The van der Waals surface area contributed by atoms with Crippen LogP contribution in [0, 0.1) is 0 Å². The van der Waals surface area contributed by atoms with Gasteiger partial charge in [-0.25, -0.2) is 14.6 Å². The van der Waals surface area contributed by atoms with Gasteiger partial charge < -0.3 is 15.0 Å². The van der Waals surface area contributed by atoms with Crippen LogP contribution in [-0.4, -0.2) is 57.6 Å². The number of nitrogens with one attached hydrogen (secondary N) is 1. The number of aromatic nitrogens is 4. The Morgan fingerprint density at radius 1 is 1.06 bits per heavy atom. The van der Waals surface area contributed by atoms with Gasteiger partial charge in [-0.2, -0.15) is 5.10 Å². The smallest absolute Gasteiger partial charge is 0.255 e. The lowest BCUT2D eigenvalue weighted by atomic mass is 10.0. The lowest BCUT2D eigenvalue weighted by Gasteiger charge is -2.28. The molecular weight excluding hydrogens is 472 g/mol. The quantitative estimate of drug-likeness (QED) is 0.256. The van der Waals surface area contributed by atoms with Crippen LogP contribution in [0.2, 0.25) is 0 Å². The molecule has 1 saturated heterocycles. The van der Waals surface area contributed by atoms with Crippen molar-refractivity contribution in [3.8, 4) is 5.75 Å². The molecule has 1 amide bonds. The van der Waals surface area contributed by atoms with Crippen molar-refractivity contribution < 1.29 is 9.53 Å². The molecule has 1 aliphatic heterocycles. The van der Waals surface area contributed by atoms with Crippen molar-refractivity contribution >= 4 is 45.3 Å². The lowest BCUT2D eigenvalue weighted by molar-refractivity contribution is 0.0950. The molecule has 0 atom stereocenters. The van der Waals surface area contributed by atoms with E-state index in [1.807, 2.05) is 54.2 Å². The van der Waals surface area contributed by atoms with Crippen molar-refractivity contribution in [3.05, 3.63) is 48.2 Å². The highest BCUT2D eigenvalue weighted by Gasteiger charge is 2.21. The number of nitrogens with zero attached hydrogens (tertiary/aromatic N) is 5. The zero-order chi connectivity index (χ0) is 24.9. The van der Waals surface area contributed by atoms with E-state index in [4.69, 9.17) is 14.7 Å². The summed E-state index contributed by atoms with van der Waals surface area (Å²) in [6.45, 7) is 7.48. The Hall–Kier alpha value is -3.33. The fourth-order valence-corrected chi connectivity index (χ4v) is 5.31. The van der Waals surface area contributed by atoms with Crippen LogP contribution in [0.15, 0.2) is 47.8 Å². The number of hydrogen-bond donors (Lipinski definition) is 1. The predicted molar refractivity (Wildman–Crippen MR) is 145 cm³/mol. The first-order chi connectivity index (χ1) is 17.7. The molecule has 1 aliphatic rings. The van der Waals surface area contributed by atoms with E-state index in [0.717, 1.165) is 51.6 Å². The van der Waals surface area contributed by atoms with E-state index < -0.39 is 0 Å². The van der Waals surface area contributed by atoms with Crippen LogP contribution < -0.4 is 15.0 Å². The zero-order valence-electron chi connectivity index (χ0n) is 20.9.